The van der Waals surface area contributed by atoms with Crippen LogP contribution in [0.3, 0.4) is 0 Å². The summed E-state index contributed by atoms with van der Waals surface area (Å²) in [5.74, 6) is 0. The lowest BCUT2D eigenvalue weighted by Crippen LogP contribution is -1.95. The van der Waals surface area contributed by atoms with Gasteiger partial charge < -0.3 is 4.57 Å². The van der Waals surface area contributed by atoms with E-state index in [4.69, 9.17) is 0 Å². The van der Waals surface area contributed by atoms with Gasteiger partial charge in [-0.05, 0) is 97.3 Å². The number of benzene rings is 7. The van der Waals surface area contributed by atoms with Crippen LogP contribution in [-0.2, 0) is 6.42 Å². The Labute approximate surface area is 280 Å². The lowest BCUT2D eigenvalue weighted by Gasteiger charge is -2.19. The van der Waals surface area contributed by atoms with E-state index < -0.39 is 0 Å². The molecule has 0 spiro atoms. The van der Waals surface area contributed by atoms with E-state index in [-0.39, 0.29) is 0 Å². The van der Waals surface area contributed by atoms with Gasteiger partial charge >= 0.3 is 0 Å². The van der Waals surface area contributed by atoms with Gasteiger partial charge in [0, 0.05) is 16.5 Å². The molecule has 9 rings (SSSR count). The first-order valence-electron chi connectivity index (χ1n) is 16.6. The first kappa shape index (κ1) is 28.1. The number of nitrogens with zero attached hydrogens (tertiary/aromatic N) is 1. The Morgan fingerprint density at radius 2 is 1.08 bits per heavy atom. The molecule has 1 aromatic heterocycles. The predicted molar refractivity (Wildman–Crippen MR) is 207 cm³/mol. The average Bonchev–Trinajstić information content (AvgIpc) is 3.47. The second-order valence-corrected chi connectivity index (χ2v) is 12.6. The monoisotopic (exact) mass is 611 g/mol. The molecule has 7 aromatic carbocycles. The minimum absolute atomic E-state index is 0.869. The van der Waals surface area contributed by atoms with Crippen molar-refractivity contribution >= 4 is 55.0 Å². The molecule has 1 aliphatic carbocycles. The van der Waals surface area contributed by atoms with E-state index in [2.05, 4.69) is 187 Å². The summed E-state index contributed by atoms with van der Waals surface area (Å²) in [6, 6.07) is 52.8. The van der Waals surface area contributed by atoms with Gasteiger partial charge in [-0.3, -0.25) is 0 Å². The maximum Gasteiger partial charge on any atom is 0.0547 e. The third kappa shape index (κ3) is 4.63. The van der Waals surface area contributed by atoms with Gasteiger partial charge in [0.05, 0.1) is 11.0 Å². The molecule has 0 atom stereocenters. The van der Waals surface area contributed by atoms with Crippen LogP contribution in [0.15, 0.2) is 182 Å². The van der Waals surface area contributed by atoms with Crippen molar-refractivity contribution in [1.82, 2.24) is 4.57 Å². The number of allylic oxidation sites excluding steroid dienone is 6. The molecule has 0 saturated carbocycles. The van der Waals surface area contributed by atoms with Crippen LogP contribution in [0.2, 0.25) is 0 Å². The fourth-order valence-electron chi connectivity index (χ4n) is 7.58. The van der Waals surface area contributed by atoms with Crippen molar-refractivity contribution in [3.63, 3.8) is 0 Å². The van der Waals surface area contributed by atoms with Gasteiger partial charge in [-0.2, -0.15) is 0 Å². The second-order valence-electron chi connectivity index (χ2n) is 12.6. The van der Waals surface area contributed by atoms with E-state index in [1.54, 1.807) is 0 Å². The summed E-state index contributed by atoms with van der Waals surface area (Å²) in [4.78, 5) is 0. The fraction of sp³-hybridized carbons (Fsp3) is 0.0213. The first-order chi connectivity index (χ1) is 23.7. The SMILES string of the molecule is C=C1/C=C\c2ccccc2C/C=C\C(c2c3ccccc3c(-c3ccc4c5ccccc5n(-c5ccccc5)c4c3)c3ccccc23)=C/1. The number of hydrogen-bond acceptors (Lipinski definition) is 0. The molecule has 0 fully saturated rings. The molecule has 1 aliphatic rings. The molecule has 0 radical (unpaired) electrons. The molecule has 48 heavy (non-hydrogen) atoms. The Bertz CT molecular complexity index is 2590. The summed E-state index contributed by atoms with van der Waals surface area (Å²) in [5.41, 5.74) is 12.0. The van der Waals surface area contributed by atoms with Crippen LogP contribution < -0.4 is 0 Å². The molecule has 1 heteroatoms. The highest BCUT2D eigenvalue weighted by molar-refractivity contribution is 6.20. The maximum atomic E-state index is 4.44. The minimum Gasteiger partial charge on any atom is -0.309 e. The minimum atomic E-state index is 0.869. The van der Waals surface area contributed by atoms with Crippen LogP contribution in [0.4, 0.5) is 0 Å². The van der Waals surface area contributed by atoms with Crippen molar-refractivity contribution in [2.24, 2.45) is 0 Å². The fourth-order valence-corrected chi connectivity index (χ4v) is 7.58. The van der Waals surface area contributed by atoms with Gasteiger partial charge in [-0.25, -0.2) is 0 Å². The average molecular weight is 612 g/mol. The van der Waals surface area contributed by atoms with E-state index in [1.165, 1.54) is 76.7 Å². The van der Waals surface area contributed by atoms with Crippen molar-refractivity contribution in [2.45, 2.75) is 6.42 Å². The van der Waals surface area contributed by atoms with E-state index in [0.717, 1.165) is 17.7 Å². The lowest BCUT2D eigenvalue weighted by molar-refractivity contribution is 1.18. The quantitative estimate of drug-likeness (QED) is 0.175. The van der Waals surface area contributed by atoms with Crippen LogP contribution in [0, 0.1) is 0 Å². The van der Waals surface area contributed by atoms with Crippen LogP contribution >= 0.6 is 0 Å². The molecule has 0 amide bonds. The number of fused-ring (bicyclic) bond motifs is 6. The number of rotatable bonds is 3. The van der Waals surface area contributed by atoms with Gasteiger partial charge in [0.1, 0.15) is 0 Å². The molecule has 8 aromatic rings. The van der Waals surface area contributed by atoms with Gasteiger partial charge in [-0.15, -0.1) is 0 Å². The zero-order valence-corrected chi connectivity index (χ0v) is 26.6. The molecular formula is C47H33N. The van der Waals surface area contributed by atoms with Gasteiger partial charge in [-0.1, -0.05) is 152 Å². The topological polar surface area (TPSA) is 4.93 Å². The third-order valence-electron chi connectivity index (χ3n) is 9.71. The summed E-state index contributed by atoms with van der Waals surface area (Å²) >= 11 is 0. The van der Waals surface area contributed by atoms with Crippen LogP contribution in [-0.4, -0.2) is 4.57 Å². The Kier molecular flexibility index (Phi) is 6.76. The molecule has 0 unspecified atom stereocenters. The Balaban J connectivity index is 1.31. The molecule has 0 saturated heterocycles. The van der Waals surface area contributed by atoms with Crippen molar-refractivity contribution in [1.29, 1.82) is 0 Å². The van der Waals surface area contributed by atoms with E-state index >= 15 is 0 Å². The van der Waals surface area contributed by atoms with Crippen LogP contribution in [0.1, 0.15) is 16.7 Å². The molecule has 0 bridgehead atoms. The standard InChI is InChI=1S/C47H33N/c1-32-26-27-34-15-6-5-14-33(34)16-13-17-35(30-32)46-40-21-7-9-23-42(40)47(43-24-10-8-22-41(43)46)36-28-29-39-38-20-11-12-25-44(38)48(45(39)31-36)37-18-3-2-4-19-37/h2-15,17-31H,1,16H2/b17-13-,27-26-,35-30+. The third-order valence-corrected chi connectivity index (χ3v) is 9.71. The Morgan fingerprint density at radius 1 is 0.479 bits per heavy atom. The first-order valence-corrected chi connectivity index (χ1v) is 16.6. The maximum absolute atomic E-state index is 4.44. The number of para-hydroxylation sites is 2. The molecule has 0 N–H and O–H groups in total. The van der Waals surface area contributed by atoms with Crippen molar-refractivity contribution in [3.8, 4) is 16.8 Å². The second kappa shape index (κ2) is 11.6. The molecule has 226 valence electrons. The molecule has 1 nitrogen and oxygen atoms in total. The Hall–Kier alpha value is -6.18. The summed E-state index contributed by atoms with van der Waals surface area (Å²) < 4.78 is 2.40. The van der Waals surface area contributed by atoms with Crippen LogP contribution in [0.5, 0.6) is 0 Å². The number of aromatic nitrogens is 1. The van der Waals surface area contributed by atoms with Crippen molar-refractivity contribution in [3.05, 3.63) is 199 Å². The summed E-state index contributed by atoms with van der Waals surface area (Å²) in [7, 11) is 0. The van der Waals surface area contributed by atoms with E-state index in [0.29, 0.717) is 0 Å². The van der Waals surface area contributed by atoms with Crippen molar-refractivity contribution < 1.29 is 0 Å². The lowest BCUT2D eigenvalue weighted by atomic mass is 9.85. The largest absolute Gasteiger partial charge is 0.309 e. The van der Waals surface area contributed by atoms with Gasteiger partial charge in [0.25, 0.3) is 0 Å². The molecule has 1 heterocycles. The number of hydrogen-bond donors (Lipinski definition) is 0. The highest BCUT2D eigenvalue weighted by Crippen LogP contribution is 2.44. The highest BCUT2D eigenvalue weighted by atomic mass is 15.0. The smallest absolute Gasteiger partial charge is 0.0547 e. The molecule has 0 aliphatic heterocycles. The van der Waals surface area contributed by atoms with E-state index in [1.807, 2.05) is 0 Å². The van der Waals surface area contributed by atoms with Gasteiger partial charge in [0.2, 0.25) is 0 Å². The van der Waals surface area contributed by atoms with Crippen LogP contribution in [0.25, 0.3) is 71.8 Å². The zero-order valence-electron chi connectivity index (χ0n) is 26.6. The highest BCUT2D eigenvalue weighted by Gasteiger charge is 2.19. The predicted octanol–water partition coefficient (Wildman–Crippen LogP) is 12.5. The van der Waals surface area contributed by atoms with E-state index in [9.17, 15) is 0 Å². The summed E-state index contributed by atoms with van der Waals surface area (Å²) in [6.07, 6.45) is 12.0. The molecular weight excluding hydrogens is 579 g/mol. The van der Waals surface area contributed by atoms with Crippen molar-refractivity contribution in [2.75, 3.05) is 0 Å². The summed E-state index contributed by atoms with van der Waals surface area (Å²) in [5, 5.41) is 7.48. The van der Waals surface area contributed by atoms with Gasteiger partial charge in [0.15, 0.2) is 0 Å². The Morgan fingerprint density at radius 3 is 1.83 bits per heavy atom. The summed E-state index contributed by atoms with van der Waals surface area (Å²) in [6.45, 7) is 4.44. The zero-order chi connectivity index (χ0) is 32.0. The normalized spacial score (nSPS) is 15.8.